The minimum absolute atomic E-state index is 0.168. The number of pyridine rings is 1. The fraction of sp³-hybridized carbons (Fsp3) is 0.360. The third-order valence-electron chi connectivity index (χ3n) is 5.31. The summed E-state index contributed by atoms with van der Waals surface area (Å²) >= 11 is 5.72. The first-order valence-corrected chi connectivity index (χ1v) is 11.5. The van der Waals surface area contributed by atoms with Crippen LogP contribution in [0.3, 0.4) is 0 Å². The fourth-order valence-corrected chi connectivity index (χ4v) is 3.75. The number of hydrogen-bond donors (Lipinski definition) is 2. The Labute approximate surface area is 205 Å². The Morgan fingerprint density at radius 1 is 1.03 bits per heavy atom. The largest absolute Gasteiger partial charge is 0.494 e. The maximum atomic E-state index is 12.9. The van der Waals surface area contributed by atoms with Crippen molar-refractivity contribution in [3.63, 3.8) is 0 Å². The molecule has 3 aromatic rings. The lowest BCUT2D eigenvalue weighted by molar-refractivity contribution is 0.327. The van der Waals surface area contributed by atoms with Crippen LogP contribution in [0.25, 0.3) is 10.9 Å². The summed E-state index contributed by atoms with van der Waals surface area (Å²) < 4.78 is 16.3. The number of rotatable bonds is 10. The minimum Gasteiger partial charge on any atom is -0.494 e. The topological polar surface area (TPSA) is 79.1 Å². The van der Waals surface area contributed by atoms with E-state index in [2.05, 4.69) is 15.2 Å². The van der Waals surface area contributed by atoms with Crippen LogP contribution in [-0.2, 0) is 6.54 Å². The molecule has 1 heterocycles. The highest BCUT2D eigenvalue weighted by molar-refractivity contribution is 7.80. The summed E-state index contributed by atoms with van der Waals surface area (Å²) in [5, 5.41) is 4.67. The van der Waals surface area contributed by atoms with E-state index in [0.717, 1.165) is 23.4 Å². The normalized spacial score (nSPS) is 10.9. The monoisotopic (exact) mass is 484 g/mol. The van der Waals surface area contributed by atoms with Crippen molar-refractivity contribution in [3.05, 3.63) is 58.4 Å². The van der Waals surface area contributed by atoms with Crippen LogP contribution in [0.1, 0.15) is 12.5 Å². The summed E-state index contributed by atoms with van der Waals surface area (Å²) in [7, 11) is 7.16. The Kier molecular flexibility index (Phi) is 8.72. The van der Waals surface area contributed by atoms with Gasteiger partial charge in [-0.2, -0.15) is 0 Å². The smallest absolute Gasteiger partial charge is 0.253 e. The first-order valence-electron chi connectivity index (χ1n) is 11.1. The van der Waals surface area contributed by atoms with Gasteiger partial charge in [0.15, 0.2) is 16.6 Å². The third kappa shape index (κ3) is 6.39. The third-order valence-corrected chi connectivity index (χ3v) is 5.67. The second-order valence-corrected chi connectivity index (χ2v) is 8.42. The molecule has 0 bridgehead atoms. The number of hydrogen-bond acceptors (Lipinski definition) is 6. The van der Waals surface area contributed by atoms with Gasteiger partial charge in [0, 0.05) is 35.8 Å². The number of ether oxygens (including phenoxy) is 3. The second-order valence-electron chi connectivity index (χ2n) is 8.03. The van der Waals surface area contributed by atoms with E-state index in [1.54, 1.807) is 20.3 Å². The molecule has 1 aromatic heterocycles. The van der Waals surface area contributed by atoms with Gasteiger partial charge in [-0.1, -0.05) is 0 Å². The Hall–Kier alpha value is -3.30. The average molecular weight is 485 g/mol. The molecule has 9 heteroatoms. The van der Waals surface area contributed by atoms with Crippen LogP contribution in [0, 0.1) is 0 Å². The molecular formula is C25H32N4O4S. The van der Waals surface area contributed by atoms with Crippen LogP contribution in [0.2, 0.25) is 0 Å². The van der Waals surface area contributed by atoms with E-state index in [-0.39, 0.29) is 5.56 Å². The lowest BCUT2D eigenvalue weighted by Gasteiger charge is -2.27. The van der Waals surface area contributed by atoms with Crippen LogP contribution in [-0.4, -0.2) is 67.9 Å². The van der Waals surface area contributed by atoms with Crippen molar-refractivity contribution in [3.8, 4) is 17.2 Å². The zero-order chi connectivity index (χ0) is 24.7. The number of fused-ring (bicyclic) bond motifs is 1. The number of methoxy groups -OCH3 is 2. The zero-order valence-corrected chi connectivity index (χ0v) is 21.1. The number of H-pyrrole nitrogens is 1. The van der Waals surface area contributed by atoms with Crippen molar-refractivity contribution in [2.75, 3.05) is 53.3 Å². The van der Waals surface area contributed by atoms with Crippen LogP contribution in [0.5, 0.6) is 17.2 Å². The molecule has 0 aliphatic heterocycles. The SMILES string of the molecule is CCOc1ccc(NC(=S)N(CCN(C)C)Cc2cc3cc(OC)c(OC)cc3[nH]c2=O)cc1. The summed E-state index contributed by atoms with van der Waals surface area (Å²) in [4.78, 5) is 19.9. The molecule has 3 rings (SSSR count). The molecule has 0 spiro atoms. The standard InChI is InChI=1S/C25H32N4O4S/c1-6-33-20-9-7-19(8-10-20)26-25(34)29(12-11-28(2)3)16-18-13-17-14-22(31-4)23(32-5)15-21(17)27-24(18)30/h7-10,13-15H,6,11-12,16H2,1-5H3,(H,26,34)(H,27,30). The van der Waals surface area contributed by atoms with E-state index in [9.17, 15) is 4.79 Å². The van der Waals surface area contributed by atoms with Crippen molar-refractivity contribution < 1.29 is 14.2 Å². The van der Waals surface area contributed by atoms with Gasteiger partial charge in [0.25, 0.3) is 5.56 Å². The highest BCUT2D eigenvalue weighted by Crippen LogP contribution is 2.31. The zero-order valence-electron chi connectivity index (χ0n) is 20.3. The number of nitrogens with zero attached hydrogens (tertiary/aromatic N) is 2. The molecule has 34 heavy (non-hydrogen) atoms. The predicted molar refractivity (Wildman–Crippen MR) is 140 cm³/mol. The van der Waals surface area contributed by atoms with Gasteiger partial charge in [0.1, 0.15) is 5.75 Å². The van der Waals surface area contributed by atoms with Crippen molar-refractivity contribution in [2.45, 2.75) is 13.5 Å². The van der Waals surface area contributed by atoms with Crippen molar-refractivity contribution >= 4 is 33.9 Å². The maximum absolute atomic E-state index is 12.9. The van der Waals surface area contributed by atoms with E-state index in [1.165, 1.54) is 0 Å². The highest BCUT2D eigenvalue weighted by Gasteiger charge is 2.15. The van der Waals surface area contributed by atoms with Crippen LogP contribution in [0.15, 0.2) is 47.3 Å². The Balaban J connectivity index is 1.86. The molecule has 8 nitrogen and oxygen atoms in total. The van der Waals surface area contributed by atoms with Crippen molar-refractivity contribution in [1.82, 2.24) is 14.8 Å². The van der Waals surface area contributed by atoms with Crippen LogP contribution < -0.4 is 25.1 Å². The molecule has 0 saturated heterocycles. The molecule has 0 aliphatic rings. The molecule has 0 aliphatic carbocycles. The van der Waals surface area contributed by atoms with Gasteiger partial charge in [-0.05, 0) is 69.6 Å². The number of nitrogens with one attached hydrogen (secondary N) is 2. The molecule has 0 fully saturated rings. The number of aromatic nitrogens is 1. The average Bonchev–Trinajstić information content (AvgIpc) is 2.82. The van der Waals surface area contributed by atoms with Crippen molar-refractivity contribution in [1.29, 1.82) is 0 Å². The van der Waals surface area contributed by atoms with E-state index in [1.807, 2.05) is 62.3 Å². The van der Waals surface area contributed by atoms with Gasteiger partial charge < -0.3 is 34.3 Å². The van der Waals surface area contributed by atoms with E-state index < -0.39 is 0 Å². The summed E-state index contributed by atoms with van der Waals surface area (Å²) in [5.74, 6) is 1.97. The number of anilines is 1. The number of likely N-dealkylation sites (N-methyl/N-ethyl adjacent to an activating group) is 1. The molecule has 0 atom stereocenters. The van der Waals surface area contributed by atoms with E-state index in [4.69, 9.17) is 26.4 Å². The number of aromatic amines is 1. The van der Waals surface area contributed by atoms with Gasteiger partial charge in [0.05, 0.1) is 32.9 Å². The lowest BCUT2D eigenvalue weighted by atomic mass is 10.1. The molecule has 0 saturated carbocycles. The molecular weight excluding hydrogens is 452 g/mol. The van der Waals surface area contributed by atoms with Gasteiger partial charge in [-0.25, -0.2) is 0 Å². The number of benzene rings is 2. The Morgan fingerprint density at radius 2 is 1.71 bits per heavy atom. The number of thiocarbonyl (C=S) groups is 1. The lowest BCUT2D eigenvalue weighted by Crippen LogP contribution is -2.40. The van der Waals surface area contributed by atoms with Crippen LogP contribution in [0.4, 0.5) is 5.69 Å². The predicted octanol–water partition coefficient (Wildman–Crippen LogP) is 3.70. The first kappa shape index (κ1) is 25.3. The van der Waals surface area contributed by atoms with Gasteiger partial charge >= 0.3 is 0 Å². The summed E-state index contributed by atoms with van der Waals surface area (Å²) in [6, 6.07) is 13.1. The van der Waals surface area contributed by atoms with Crippen molar-refractivity contribution in [2.24, 2.45) is 0 Å². The second kappa shape index (κ2) is 11.7. The van der Waals surface area contributed by atoms with E-state index >= 15 is 0 Å². The van der Waals surface area contributed by atoms with E-state index in [0.29, 0.717) is 47.4 Å². The molecule has 182 valence electrons. The Bertz CT molecular complexity index is 1180. The molecule has 2 N–H and O–H groups in total. The maximum Gasteiger partial charge on any atom is 0.253 e. The fourth-order valence-electron chi connectivity index (χ4n) is 3.48. The quantitative estimate of drug-likeness (QED) is 0.422. The summed E-state index contributed by atoms with van der Waals surface area (Å²) in [6.45, 7) is 4.35. The molecule has 0 unspecified atom stereocenters. The van der Waals surface area contributed by atoms with Crippen LogP contribution >= 0.6 is 12.2 Å². The highest BCUT2D eigenvalue weighted by atomic mass is 32.1. The minimum atomic E-state index is -0.168. The summed E-state index contributed by atoms with van der Waals surface area (Å²) in [6.07, 6.45) is 0. The van der Waals surface area contributed by atoms with Gasteiger partial charge in [0.2, 0.25) is 0 Å². The van der Waals surface area contributed by atoms with Gasteiger partial charge in [-0.3, -0.25) is 4.79 Å². The molecule has 2 aromatic carbocycles. The summed E-state index contributed by atoms with van der Waals surface area (Å²) in [5.41, 5.74) is 1.97. The van der Waals surface area contributed by atoms with Gasteiger partial charge in [-0.15, -0.1) is 0 Å². The molecule has 0 amide bonds. The first-order chi connectivity index (χ1) is 16.3. The Morgan fingerprint density at radius 3 is 2.32 bits per heavy atom. The molecule has 0 radical (unpaired) electrons.